The fourth-order valence-electron chi connectivity index (χ4n) is 3.90. The number of carbonyl (C=O) groups is 2. The number of carbonyl (C=O) groups excluding carboxylic acids is 2. The first-order chi connectivity index (χ1) is 15.9. The smallest absolute Gasteiger partial charge is 0.410 e. The summed E-state index contributed by atoms with van der Waals surface area (Å²) in [6.45, 7) is 7.38. The summed E-state index contributed by atoms with van der Waals surface area (Å²) in [6, 6.07) is 19.4. The van der Waals surface area contributed by atoms with Crippen LogP contribution in [0.1, 0.15) is 25.0 Å². The maximum atomic E-state index is 11.8. The van der Waals surface area contributed by atoms with E-state index in [1.165, 1.54) is 5.57 Å². The standard InChI is InChI=1S/C13H15NO3.C13H15NO2/c1-13-9-14(7-11(13)17-13)12(15)16-8-10-5-3-2-4-6-10;1-11-7-8-14(9-11)13(15)16-10-12-5-3-2-4-6-12/h2-6,11H,7-9H2,1H3;2-7H,8-10H2,1H3. The molecule has 0 aliphatic carbocycles. The van der Waals surface area contributed by atoms with E-state index in [4.69, 9.17) is 14.2 Å². The van der Waals surface area contributed by atoms with Gasteiger partial charge >= 0.3 is 12.2 Å². The van der Waals surface area contributed by atoms with Crippen LogP contribution in [0, 0.1) is 0 Å². The number of epoxide rings is 1. The van der Waals surface area contributed by atoms with Crippen LogP contribution in [0.4, 0.5) is 9.59 Å². The number of nitrogens with zero attached hydrogens (tertiary/aromatic N) is 2. The highest BCUT2D eigenvalue weighted by atomic mass is 16.6. The Morgan fingerprint density at radius 2 is 1.48 bits per heavy atom. The topological polar surface area (TPSA) is 71.6 Å². The summed E-state index contributed by atoms with van der Waals surface area (Å²) in [5.41, 5.74) is 3.13. The third-order valence-electron chi connectivity index (χ3n) is 5.95. The number of likely N-dealkylation sites (tertiary alicyclic amines) is 1. The molecule has 7 nitrogen and oxygen atoms in total. The summed E-state index contributed by atoms with van der Waals surface area (Å²) >= 11 is 0. The molecule has 2 amide bonds. The largest absolute Gasteiger partial charge is 0.445 e. The average Bonchev–Trinajstić information content (AvgIpc) is 3.12. The Labute approximate surface area is 194 Å². The molecule has 3 aliphatic rings. The second kappa shape index (κ2) is 10.1. The van der Waals surface area contributed by atoms with Crippen molar-refractivity contribution in [2.24, 2.45) is 0 Å². The summed E-state index contributed by atoms with van der Waals surface area (Å²) < 4.78 is 15.9. The van der Waals surface area contributed by atoms with Crippen LogP contribution in [0.2, 0.25) is 0 Å². The van der Waals surface area contributed by atoms with Crippen LogP contribution in [0.15, 0.2) is 72.3 Å². The highest BCUT2D eigenvalue weighted by Crippen LogP contribution is 2.42. The van der Waals surface area contributed by atoms with Crippen LogP contribution in [0.5, 0.6) is 0 Å². The van der Waals surface area contributed by atoms with E-state index in [0.29, 0.717) is 39.4 Å². The van der Waals surface area contributed by atoms with E-state index in [9.17, 15) is 9.59 Å². The van der Waals surface area contributed by atoms with Gasteiger partial charge in [0.25, 0.3) is 0 Å². The zero-order chi connectivity index (χ0) is 23.3. The van der Waals surface area contributed by atoms with Crippen molar-refractivity contribution in [3.8, 4) is 0 Å². The summed E-state index contributed by atoms with van der Waals surface area (Å²) in [4.78, 5) is 26.8. The van der Waals surface area contributed by atoms with E-state index < -0.39 is 0 Å². The monoisotopic (exact) mass is 450 g/mol. The van der Waals surface area contributed by atoms with Crippen LogP contribution in [-0.4, -0.2) is 59.9 Å². The van der Waals surface area contributed by atoms with Gasteiger partial charge in [-0.1, -0.05) is 72.3 Å². The molecule has 174 valence electrons. The van der Waals surface area contributed by atoms with Gasteiger partial charge in [0.2, 0.25) is 0 Å². The molecule has 5 rings (SSSR count). The minimum Gasteiger partial charge on any atom is -0.445 e. The molecule has 7 heteroatoms. The molecule has 2 atom stereocenters. The molecule has 0 radical (unpaired) electrons. The van der Waals surface area contributed by atoms with E-state index in [1.807, 2.05) is 80.6 Å². The molecular formula is C26H30N2O5. The lowest BCUT2D eigenvalue weighted by molar-refractivity contribution is 0.0839. The summed E-state index contributed by atoms with van der Waals surface area (Å²) in [5, 5.41) is 0. The Morgan fingerprint density at radius 3 is 1.94 bits per heavy atom. The molecular weight excluding hydrogens is 420 g/mol. The number of hydrogen-bond donors (Lipinski definition) is 0. The van der Waals surface area contributed by atoms with Gasteiger partial charge in [0.05, 0.1) is 13.1 Å². The lowest BCUT2D eigenvalue weighted by atomic mass is 10.2. The van der Waals surface area contributed by atoms with E-state index in [2.05, 4.69) is 0 Å². The SMILES string of the molecule is CC12CN(C(=O)OCc3ccccc3)CC1O2.CC1=CCN(C(=O)OCc2ccccc2)C1. The minimum absolute atomic E-state index is 0.105. The third-order valence-corrected chi connectivity index (χ3v) is 5.95. The van der Waals surface area contributed by atoms with Crippen molar-refractivity contribution in [3.63, 3.8) is 0 Å². The zero-order valence-corrected chi connectivity index (χ0v) is 19.1. The first-order valence-electron chi connectivity index (χ1n) is 11.2. The average molecular weight is 451 g/mol. The van der Waals surface area contributed by atoms with Gasteiger partial charge < -0.3 is 24.0 Å². The van der Waals surface area contributed by atoms with Crippen molar-refractivity contribution in [1.82, 2.24) is 9.80 Å². The Bertz CT molecular complexity index is 994. The lowest BCUT2D eigenvalue weighted by Gasteiger charge is -2.18. The summed E-state index contributed by atoms with van der Waals surface area (Å²) in [5.74, 6) is 0. The fourth-order valence-corrected chi connectivity index (χ4v) is 3.90. The number of ether oxygens (including phenoxy) is 3. The number of morpholine rings is 1. The molecule has 0 saturated carbocycles. The number of benzene rings is 2. The molecule has 3 heterocycles. The van der Waals surface area contributed by atoms with Gasteiger partial charge in [-0.15, -0.1) is 0 Å². The lowest BCUT2D eigenvalue weighted by Crippen LogP contribution is -2.33. The third kappa shape index (κ3) is 6.14. The number of amides is 2. The van der Waals surface area contributed by atoms with E-state index in [1.54, 1.807) is 9.80 Å². The van der Waals surface area contributed by atoms with Crippen molar-refractivity contribution in [2.45, 2.75) is 38.8 Å². The maximum Gasteiger partial charge on any atom is 0.410 e. The molecule has 0 spiro atoms. The molecule has 2 aromatic rings. The van der Waals surface area contributed by atoms with E-state index >= 15 is 0 Å². The fraction of sp³-hybridized carbons (Fsp3) is 0.385. The van der Waals surface area contributed by atoms with E-state index in [-0.39, 0.29) is 23.9 Å². The molecule has 2 fully saturated rings. The van der Waals surface area contributed by atoms with Crippen molar-refractivity contribution >= 4 is 12.2 Å². The quantitative estimate of drug-likeness (QED) is 0.511. The second-order valence-corrected chi connectivity index (χ2v) is 8.81. The molecule has 0 bridgehead atoms. The van der Waals surface area contributed by atoms with Gasteiger partial charge in [0, 0.05) is 13.1 Å². The van der Waals surface area contributed by atoms with Crippen LogP contribution in [0.3, 0.4) is 0 Å². The Morgan fingerprint density at radius 1 is 0.939 bits per heavy atom. The number of rotatable bonds is 4. The van der Waals surface area contributed by atoms with Crippen LogP contribution < -0.4 is 0 Å². The molecule has 2 saturated heterocycles. The minimum atomic E-state index is -0.245. The highest BCUT2D eigenvalue weighted by molar-refractivity contribution is 5.69. The molecule has 0 N–H and O–H groups in total. The van der Waals surface area contributed by atoms with Gasteiger partial charge in [0.15, 0.2) is 0 Å². The van der Waals surface area contributed by atoms with Crippen LogP contribution >= 0.6 is 0 Å². The highest BCUT2D eigenvalue weighted by Gasteiger charge is 2.60. The Balaban J connectivity index is 0.000000157. The Hall–Kier alpha value is -3.32. The summed E-state index contributed by atoms with van der Waals surface area (Å²) in [7, 11) is 0. The maximum absolute atomic E-state index is 11.8. The van der Waals surface area contributed by atoms with Gasteiger partial charge in [0.1, 0.15) is 24.9 Å². The van der Waals surface area contributed by atoms with Crippen LogP contribution in [-0.2, 0) is 27.4 Å². The van der Waals surface area contributed by atoms with Gasteiger partial charge in [-0.05, 0) is 25.0 Å². The molecule has 0 aromatic heterocycles. The number of fused-ring (bicyclic) bond motifs is 1. The van der Waals surface area contributed by atoms with Crippen molar-refractivity contribution in [3.05, 3.63) is 83.4 Å². The van der Waals surface area contributed by atoms with Gasteiger partial charge in [-0.3, -0.25) is 0 Å². The molecule has 33 heavy (non-hydrogen) atoms. The van der Waals surface area contributed by atoms with Crippen molar-refractivity contribution in [1.29, 1.82) is 0 Å². The van der Waals surface area contributed by atoms with Crippen molar-refractivity contribution < 1.29 is 23.8 Å². The molecule has 2 aromatic carbocycles. The normalized spacial score (nSPS) is 22.6. The predicted molar refractivity (Wildman–Crippen MR) is 123 cm³/mol. The predicted octanol–water partition coefficient (Wildman–Crippen LogP) is 4.38. The van der Waals surface area contributed by atoms with Gasteiger partial charge in [-0.2, -0.15) is 0 Å². The van der Waals surface area contributed by atoms with E-state index in [0.717, 1.165) is 11.1 Å². The van der Waals surface area contributed by atoms with Crippen LogP contribution in [0.25, 0.3) is 0 Å². The zero-order valence-electron chi connectivity index (χ0n) is 19.1. The van der Waals surface area contributed by atoms with Gasteiger partial charge in [-0.25, -0.2) is 9.59 Å². The number of hydrogen-bond acceptors (Lipinski definition) is 5. The van der Waals surface area contributed by atoms with Crippen molar-refractivity contribution in [2.75, 3.05) is 26.2 Å². The summed E-state index contributed by atoms with van der Waals surface area (Å²) in [6.07, 6.45) is 1.78. The second-order valence-electron chi connectivity index (χ2n) is 8.81. The molecule has 2 unspecified atom stereocenters. The Kier molecular flexibility index (Phi) is 6.99. The first-order valence-corrected chi connectivity index (χ1v) is 11.2. The molecule has 3 aliphatic heterocycles. The first kappa shape index (κ1) is 22.9.